The van der Waals surface area contributed by atoms with Crippen LogP contribution >= 0.6 is 0 Å². The maximum atomic E-state index is 12.7. The lowest BCUT2D eigenvalue weighted by Gasteiger charge is -2.23. The fourth-order valence-corrected chi connectivity index (χ4v) is 2.39. The summed E-state index contributed by atoms with van der Waals surface area (Å²) in [5.74, 6) is -2.41. The number of carbonyl (C=O) groups excluding carboxylic acids is 3. The predicted octanol–water partition coefficient (Wildman–Crippen LogP) is 0.299. The molecule has 1 rings (SSSR count). The molecule has 0 aliphatic carbocycles. The van der Waals surface area contributed by atoms with Crippen molar-refractivity contribution >= 4 is 17.7 Å². The molecule has 1 heterocycles. The highest BCUT2D eigenvalue weighted by atomic mass is 16.5. The topological polar surface area (TPSA) is 138 Å². The molecular formula is C17H27N5O5. The second-order valence-corrected chi connectivity index (χ2v) is 6.50. The first-order chi connectivity index (χ1) is 12.8. The lowest BCUT2D eigenvalue weighted by molar-refractivity contribution is -0.170. The van der Waals surface area contributed by atoms with Gasteiger partial charge in [-0.2, -0.15) is 0 Å². The Kier molecular flexibility index (Phi) is 9.14. The third kappa shape index (κ3) is 7.18. The van der Waals surface area contributed by atoms with E-state index >= 15 is 0 Å². The number of rotatable bonds is 11. The third-order valence-electron chi connectivity index (χ3n) is 3.90. The number of likely N-dealkylation sites (N-methyl/N-ethyl adjacent to an activating group) is 1. The maximum Gasteiger partial charge on any atom is 0.258 e. The summed E-state index contributed by atoms with van der Waals surface area (Å²) in [6.45, 7) is 7.28. The molecule has 0 aromatic carbocycles. The Balaban J connectivity index is 2.93. The number of hydroxylamine groups is 2. The zero-order valence-electron chi connectivity index (χ0n) is 15.8. The molecule has 10 heteroatoms. The van der Waals surface area contributed by atoms with Gasteiger partial charge in [0.05, 0.1) is 12.7 Å². The Hall–Kier alpha value is -2.75. The predicted molar refractivity (Wildman–Crippen MR) is 95.3 cm³/mol. The standard InChI is InChI=1S/C17H27N5O5/c1-5-8-22(26)17(25)13(7-6-11(2)3)15(23)20-14(16(24)18-4)9-12-10-19-21-27-12/h5,10-11,13-14,26H,1,6-9H2,2-4H3,(H,18,24)(H,20,23)/t13-,14-/m0/s1. The fourth-order valence-electron chi connectivity index (χ4n) is 2.39. The first-order valence-corrected chi connectivity index (χ1v) is 8.69. The van der Waals surface area contributed by atoms with Gasteiger partial charge in [-0.1, -0.05) is 19.9 Å². The van der Waals surface area contributed by atoms with E-state index < -0.39 is 29.7 Å². The largest absolute Gasteiger partial charge is 0.357 e. The van der Waals surface area contributed by atoms with Crippen molar-refractivity contribution in [3.8, 4) is 0 Å². The van der Waals surface area contributed by atoms with Crippen molar-refractivity contribution in [2.45, 2.75) is 39.2 Å². The summed E-state index contributed by atoms with van der Waals surface area (Å²) >= 11 is 0. The lowest BCUT2D eigenvalue weighted by atomic mass is 9.95. The molecule has 0 spiro atoms. The monoisotopic (exact) mass is 381 g/mol. The van der Waals surface area contributed by atoms with Crippen LogP contribution in [0.5, 0.6) is 0 Å². The van der Waals surface area contributed by atoms with Crippen molar-refractivity contribution in [2.24, 2.45) is 11.8 Å². The zero-order valence-corrected chi connectivity index (χ0v) is 15.8. The average molecular weight is 381 g/mol. The highest BCUT2D eigenvalue weighted by molar-refractivity contribution is 6.01. The Morgan fingerprint density at radius 1 is 1.33 bits per heavy atom. The van der Waals surface area contributed by atoms with Crippen LogP contribution in [-0.2, 0) is 20.8 Å². The van der Waals surface area contributed by atoms with Gasteiger partial charge in [0.15, 0.2) is 5.76 Å². The summed E-state index contributed by atoms with van der Waals surface area (Å²) in [6, 6.07) is -0.974. The molecule has 0 radical (unpaired) electrons. The molecule has 0 aliphatic heterocycles. The summed E-state index contributed by atoms with van der Waals surface area (Å²) in [7, 11) is 1.43. The summed E-state index contributed by atoms with van der Waals surface area (Å²) < 4.78 is 4.88. The minimum Gasteiger partial charge on any atom is -0.357 e. The molecule has 0 unspecified atom stereocenters. The third-order valence-corrected chi connectivity index (χ3v) is 3.90. The van der Waals surface area contributed by atoms with Crippen LogP contribution in [0, 0.1) is 11.8 Å². The highest BCUT2D eigenvalue weighted by Crippen LogP contribution is 2.16. The second kappa shape index (κ2) is 11.1. The smallest absolute Gasteiger partial charge is 0.258 e. The molecule has 0 saturated heterocycles. The SMILES string of the molecule is C=CCN(O)C(=O)[C@@H](CCC(C)C)C(=O)N[C@@H](Cc1cnno1)C(=O)NC. The van der Waals surface area contributed by atoms with Crippen LogP contribution in [0.25, 0.3) is 0 Å². The van der Waals surface area contributed by atoms with Gasteiger partial charge in [-0.05, 0) is 18.8 Å². The van der Waals surface area contributed by atoms with Gasteiger partial charge >= 0.3 is 0 Å². The van der Waals surface area contributed by atoms with Crippen LogP contribution in [0.2, 0.25) is 0 Å². The van der Waals surface area contributed by atoms with Gasteiger partial charge in [-0.3, -0.25) is 19.6 Å². The molecule has 10 nitrogen and oxygen atoms in total. The van der Waals surface area contributed by atoms with E-state index in [1.165, 1.54) is 19.3 Å². The molecule has 3 amide bonds. The summed E-state index contributed by atoms with van der Waals surface area (Å²) in [6.07, 6.45) is 3.55. The number of hydrogen-bond acceptors (Lipinski definition) is 7. The molecule has 0 fully saturated rings. The van der Waals surface area contributed by atoms with Crippen molar-refractivity contribution < 1.29 is 24.1 Å². The Morgan fingerprint density at radius 2 is 2.04 bits per heavy atom. The van der Waals surface area contributed by atoms with E-state index in [4.69, 9.17) is 4.52 Å². The highest BCUT2D eigenvalue weighted by Gasteiger charge is 2.33. The van der Waals surface area contributed by atoms with Gasteiger partial charge in [0.2, 0.25) is 11.8 Å². The van der Waals surface area contributed by atoms with E-state index in [1.807, 2.05) is 13.8 Å². The van der Waals surface area contributed by atoms with Crippen LogP contribution in [0.4, 0.5) is 0 Å². The number of amides is 3. The second-order valence-electron chi connectivity index (χ2n) is 6.50. The number of aromatic nitrogens is 2. The van der Waals surface area contributed by atoms with E-state index in [0.717, 1.165) is 0 Å². The van der Waals surface area contributed by atoms with Crippen LogP contribution in [0.15, 0.2) is 23.4 Å². The Morgan fingerprint density at radius 3 is 2.56 bits per heavy atom. The lowest BCUT2D eigenvalue weighted by Crippen LogP contribution is -2.51. The van der Waals surface area contributed by atoms with Crippen molar-refractivity contribution in [3.05, 3.63) is 24.6 Å². The average Bonchev–Trinajstić information content (AvgIpc) is 3.13. The number of hydrogen-bond donors (Lipinski definition) is 3. The molecule has 3 N–H and O–H groups in total. The number of nitrogens with zero attached hydrogens (tertiary/aromatic N) is 3. The molecule has 27 heavy (non-hydrogen) atoms. The summed E-state index contributed by atoms with van der Waals surface area (Å²) in [5, 5.41) is 22.1. The maximum absolute atomic E-state index is 12.7. The minimum absolute atomic E-state index is 0.0268. The van der Waals surface area contributed by atoms with Crippen molar-refractivity contribution in [3.63, 3.8) is 0 Å². The summed E-state index contributed by atoms with van der Waals surface area (Å²) in [4.78, 5) is 37.3. The van der Waals surface area contributed by atoms with Gasteiger partial charge in [0, 0.05) is 18.7 Å². The fraction of sp³-hybridized carbons (Fsp3) is 0.588. The Labute approximate surface area is 157 Å². The summed E-state index contributed by atoms with van der Waals surface area (Å²) in [5.41, 5.74) is 0. The van der Waals surface area contributed by atoms with E-state index in [9.17, 15) is 19.6 Å². The van der Waals surface area contributed by atoms with E-state index in [2.05, 4.69) is 27.6 Å². The van der Waals surface area contributed by atoms with Gasteiger partial charge in [0.1, 0.15) is 12.0 Å². The number of carbonyl (C=O) groups is 3. The van der Waals surface area contributed by atoms with E-state index in [0.29, 0.717) is 17.2 Å². The van der Waals surface area contributed by atoms with Crippen LogP contribution < -0.4 is 10.6 Å². The van der Waals surface area contributed by atoms with Gasteiger partial charge in [-0.25, -0.2) is 5.06 Å². The van der Waals surface area contributed by atoms with Gasteiger partial charge in [-0.15, -0.1) is 11.7 Å². The van der Waals surface area contributed by atoms with Gasteiger partial charge in [0.25, 0.3) is 5.91 Å². The first kappa shape index (κ1) is 22.3. The molecule has 0 saturated carbocycles. The van der Waals surface area contributed by atoms with Crippen molar-refractivity contribution in [1.82, 2.24) is 26.1 Å². The molecule has 0 aliphatic rings. The molecular weight excluding hydrogens is 354 g/mol. The molecule has 1 aromatic heterocycles. The van der Waals surface area contributed by atoms with Crippen LogP contribution in [-0.4, -0.2) is 58.0 Å². The normalized spacial score (nSPS) is 12.9. The van der Waals surface area contributed by atoms with Gasteiger partial charge < -0.3 is 15.2 Å². The minimum atomic E-state index is -1.13. The molecule has 2 atom stereocenters. The zero-order chi connectivity index (χ0) is 20.4. The molecule has 0 bridgehead atoms. The van der Waals surface area contributed by atoms with Crippen LogP contribution in [0.3, 0.4) is 0 Å². The molecule has 1 aromatic rings. The van der Waals surface area contributed by atoms with Crippen molar-refractivity contribution in [2.75, 3.05) is 13.6 Å². The van der Waals surface area contributed by atoms with Crippen molar-refractivity contribution in [1.29, 1.82) is 0 Å². The van der Waals surface area contributed by atoms with Crippen LogP contribution in [0.1, 0.15) is 32.4 Å². The van der Waals surface area contributed by atoms with E-state index in [-0.39, 0.29) is 25.3 Å². The first-order valence-electron chi connectivity index (χ1n) is 8.69. The Bertz CT molecular complexity index is 632. The quantitative estimate of drug-likeness (QED) is 0.217. The molecule has 150 valence electrons. The van der Waals surface area contributed by atoms with E-state index in [1.54, 1.807) is 0 Å². The number of nitrogens with one attached hydrogen (secondary N) is 2.